The molecule has 0 bridgehead atoms. The number of nitrogens with one attached hydrogen (secondary N) is 2. The number of nitriles is 1. The Morgan fingerprint density at radius 1 is 1.00 bits per heavy atom. The van der Waals surface area contributed by atoms with E-state index in [1.165, 1.54) is 12.1 Å². The Morgan fingerprint density at radius 2 is 1.50 bits per heavy atom. The van der Waals surface area contributed by atoms with E-state index in [1.54, 1.807) is 24.3 Å². The van der Waals surface area contributed by atoms with Gasteiger partial charge in [0.15, 0.2) is 0 Å². The van der Waals surface area contributed by atoms with Gasteiger partial charge in [-0.3, -0.25) is 0 Å². The first kappa shape index (κ1) is 17.1. The maximum atomic E-state index is 12.1. The van der Waals surface area contributed by atoms with E-state index in [0.29, 0.717) is 11.4 Å². The van der Waals surface area contributed by atoms with Crippen molar-refractivity contribution in [2.24, 2.45) is 0 Å². The molecule has 2 rings (SSSR count). The first-order valence-electron chi connectivity index (χ1n) is 6.75. The van der Waals surface area contributed by atoms with Gasteiger partial charge in [-0.25, -0.2) is 4.79 Å². The van der Waals surface area contributed by atoms with Gasteiger partial charge in [-0.05, 0) is 42.0 Å². The van der Waals surface area contributed by atoms with Gasteiger partial charge < -0.3 is 15.4 Å². The number of halogens is 3. The van der Waals surface area contributed by atoms with Crippen molar-refractivity contribution >= 4 is 17.4 Å². The summed E-state index contributed by atoms with van der Waals surface area (Å²) >= 11 is 0. The van der Waals surface area contributed by atoms with Crippen molar-refractivity contribution < 1.29 is 22.7 Å². The van der Waals surface area contributed by atoms with Crippen LogP contribution in [0.5, 0.6) is 5.75 Å². The van der Waals surface area contributed by atoms with Crippen LogP contribution >= 0.6 is 0 Å². The second-order valence-corrected chi connectivity index (χ2v) is 4.68. The van der Waals surface area contributed by atoms with Gasteiger partial charge in [-0.1, -0.05) is 12.1 Å². The minimum Gasteiger partial charge on any atom is -0.406 e. The lowest BCUT2D eigenvalue weighted by molar-refractivity contribution is -0.274. The average Bonchev–Trinajstić information content (AvgIpc) is 2.50. The number of amides is 2. The van der Waals surface area contributed by atoms with Gasteiger partial charge in [0.1, 0.15) is 5.75 Å². The van der Waals surface area contributed by atoms with E-state index in [2.05, 4.69) is 15.4 Å². The summed E-state index contributed by atoms with van der Waals surface area (Å²) < 4.78 is 39.9. The fraction of sp³-hybridized carbons (Fsp3) is 0.125. The van der Waals surface area contributed by atoms with Crippen LogP contribution in [0.1, 0.15) is 5.56 Å². The molecule has 0 aromatic heterocycles. The summed E-state index contributed by atoms with van der Waals surface area (Å²) in [6.07, 6.45) is -4.48. The van der Waals surface area contributed by atoms with E-state index in [-0.39, 0.29) is 12.2 Å². The van der Waals surface area contributed by atoms with E-state index in [1.807, 2.05) is 6.07 Å². The summed E-state index contributed by atoms with van der Waals surface area (Å²) in [6, 6.07) is 12.9. The Balaban J connectivity index is 1.91. The Hall–Kier alpha value is -3.21. The zero-order valence-corrected chi connectivity index (χ0v) is 12.2. The number of carbonyl (C=O) groups is 1. The van der Waals surface area contributed by atoms with Crippen molar-refractivity contribution in [3.8, 4) is 11.8 Å². The summed E-state index contributed by atoms with van der Waals surface area (Å²) in [5.41, 5.74) is 1.65. The molecule has 2 amide bonds. The molecule has 0 aliphatic heterocycles. The van der Waals surface area contributed by atoms with Crippen molar-refractivity contribution in [3.63, 3.8) is 0 Å². The number of alkyl halides is 3. The lowest BCUT2D eigenvalue weighted by Crippen LogP contribution is -2.19. The molecule has 0 heterocycles. The van der Waals surface area contributed by atoms with Gasteiger partial charge in [0.05, 0.1) is 12.5 Å². The SMILES string of the molecule is N#CCc1ccc(NC(=O)Nc2ccc(OC(F)(F)F)cc2)cc1. The third-order valence-corrected chi connectivity index (χ3v) is 2.84. The third kappa shape index (κ3) is 5.53. The molecular formula is C16H12F3N3O2. The molecule has 0 unspecified atom stereocenters. The number of ether oxygens (including phenoxy) is 1. The highest BCUT2D eigenvalue weighted by molar-refractivity contribution is 5.99. The van der Waals surface area contributed by atoms with Crippen LogP contribution in [0.4, 0.5) is 29.3 Å². The molecule has 0 aliphatic rings. The highest BCUT2D eigenvalue weighted by atomic mass is 19.4. The number of benzene rings is 2. The molecular weight excluding hydrogens is 323 g/mol. The molecule has 0 fully saturated rings. The smallest absolute Gasteiger partial charge is 0.406 e. The number of rotatable bonds is 4. The quantitative estimate of drug-likeness (QED) is 0.875. The van der Waals surface area contributed by atoms with Gasteiger partial charge >= 0.3 is 12.4 Å². The van der Waals surface area contributed by atoms with Crippen LogP contribution in [0, 0.1) is 11.3 Å². The highest BCUT2D eigenvalue weighted by Crippen LogP contribution is 2.24. The van der Waals surface area contributed by atoms with Gasteiger partial charge in [-0.15, -0.1) is 13.2 Å². The maximum Gasteiger partial charge on any atom is 0.573 e. The van der Waals surface area contributed by atoms with E-state index in [9.17, 15) is 18.0 Å². The first-order valence-corrected chi connectivity index (χ1v) is 6.75. The predicted molar refractivity (Wildman–Crippen MR) is 81.5 cm³/mol. The number of carbonyl (C=O) groups excluding carboxylic acids is 1. The molecule has 2 N–H and O–H groups in total. The molecule has 124 valence electrons. The van der Waals surface area contributed by atoms with Gasteiger partial charge in [0.25, 0.3) is 0 Å². The summed E-state index contributed by atoms with van der Waals surface area (Å²) in [5, 5.41) is 13.6. The van der Waals surface area contributed by atoms with Crippen LogP contribution in [-0.2, 0) is 6.42 Å². The van der Waals surface area contributed by atoms with Gasteiger partial charge in [0.2, 0.25) is 0 Å². The number of hydrogen-bond donors (Lipinski definition) is 2. The molecule has 24 heavy (non-hydrogen) atoms. The van der Waals surface area contributed by atoms with Crippen molar-refractivity contribution in [2.45, 2.75) is 12.8 Å². The van der Waals surface area contributed by atoms with Crippen LogP contribution in [-0.4, -0.2) is 12.4 Å². The summed E-state index contributed by atoms with van der Waals surface area (Å²) in [7, 11) is 0. The number of urea groups is 1. The Bertz CT molecular complexity index is 735. The van der Waals surface area contributed by atoms with Gasteiger partial charge in [-0.2, -0.15) is 5.26 Å². The average molecular weight is 335 g/mol. The van der Waals surface area contributed by atoms with Crippen LogP contribution < -0.4 is 15.4 Å². The summed E-state index contributed by atoms with van der Waals surface area (Å²) in [6.45, 7) is 0. The zero-order valence-electron chi connectivity index (χ0n) is 12.2. The van der Waals surface area contributed by atoms with Crippen LogP contribution in [0.3, 0.4) is 0 Å². The normalized spacial score (nSPS) is 10.6. The van der Waals surface area contributed by atoms with E-state index in [4.69, 9.17) is 5.26 Å². The number of hydrogen-bond acceptors (Lipinski definition) is 3. The molecule has 2 aromatic carbocycles. The Kier molecular flexibility index (Phi) is 5.27. The second kappa shape index (κ2) is 7.37. The molecule has 0 radical (unpaired) electrons. The Labute approximate surface area is 135 Å². The van der Waals surface area contributed by atoms with Crippen LogP contribution in [0.15, 0.2) is 48.5 Å². The summed E-state index contributed by atoms with van der Waals surface area (Å²) in [4.78, 5) is 11.8. The largest absolute Gasteiger partial charge is 0.573 e. The molecule has 0 spiro atoms. The van der Waals surface area contributed by atoms with Crippen molar-refractivity contribution in [3.05, 3.63) is 54.1 Å². The predicted octanol–water partition coefficient (Wildman–Crippen LogP) is 4.30. The Morgan fingerprint density at radius 3 is 1.96 bits per heavy atom. The topological polar surface area (TPSA) is 74.2 Å². The zero-order chi connectivity index (χ0) is 17.6. The lowest BCUT2D eigenvalue weighted by atomic mass is 10.1. The highest BCUT2D eigenvalue weighted by Gasteiger charge is 2.30. The minimum absolute atomic E-state index is 0.277. The standard InChI is InChI=1S/C16H12F3N3O2/c17-16(18,19)24-14-7-5-13(6-8-14)22-15(23)21-12-3-1-11(2-4-12)9-10-20/h1-8H,9H2,(H2,21,22,23). The molecule has 5 nitrogen and oxygen atoms in total. The van der Waals surface area contributed by atoms with E-state index < -0.39 is 12.4 Å². The minimum atomic E-state index is -4.76. The molecule has 0 atom stereocenters. The molecule has 0 saturated carbocycles. The van der Waals surface area contributed by atoms with Crippen molar-refractivity contribution in [2.75, 3.05) is 10.6 Å². The fourth-order valence-corrected chi connectivity index (χ4v) is 1.83. The van der Waals surface area contributed by atoms with Crippen molar-refractivity contribution in [1.82, 2.24) is 0 Å². The van der Waals surface area contributed by atoms with Crippen molar-refractivity contribution in [1.29, 1.82) is 5.26 Å². The van der Waals surface area contributed by atoms with Crippen LogP contribution in [0.25, 0.3) is 0 Å². The third-order valence-electron chi connectivity index (χ3n) is 2.84. The number of nitrogens with zero attached hydrogens (tertiary/aromatic N) is 1. The maximum absolute atomic E-state index is 12.1. The second-order valence-electron chi connectivity index (χ2n) is 4.68. The lowest BCUT2D eigenvalue weighted by Gasteiger charge is -2.10. The summed E-state index contributed by atoms with van der Waals surface area (Å²) in [5.74, 6) is -0.374. The van der Waals surface area contributed by atoms with E-state index in [0.717, 1.165) is 17.7 Å². The molecule has 2 aromatic rings. The molecule has 8 heteroatoms. The van der Waals surface area contributed by atoms with Gasteiger partial charge in [0, 0.05) is 11.4 Å². The monoisotopic (exact) mass is 335 g/mol. The number of anilines is 2. The molecule has 0 saturated heterocycles. The fourth-order valence-electron chi connectivity index (χ4n) is 1.83. The van der Waals surface area contributed by atoms with Crippen LogP contribution in [0.2, 0.25) is 0 Å². The van der Waals surface area contributed by atoms with E-state index >= 15 is 0 Å². The first-order chi connectivity index (χ1) is 11.4. The molecule has 0 aliphatic carbocycles.